The molecule has 4 heteroatoms. The van der Waals surface area contributed by atoms with Gasteiger partial charge >= 0.3 is 7.12 Å². The number of nitrogens with zero attached hydrogens (tertiary/aromatic N) is 1. The molecule has 1 saturated heterocycles. The van der Waals surface area contributed by atoms with Crippen molar-refractivity contribution in [3.05, 3.63) is 72.1 Å². The fourth-order valence-electron chi connectivity index (χ4n) is 6.05. The second-order valence-corrected chi connectivity index (χ2v) is 11.0. The quantitative estimate of drug-likeness (QED) is 0.443. The number of fused-ring (bicyclic) bond motifs is 5. The lowest BCUT2D eigenvalue weighted by atomic mass is 9.66. The van der Waals surface area contributed by atoms with Crippen molar-refractivity contribution in [2.24, 2.45) is 0 Å². The molecule has 2 aromatic carbocycles. The van der Waals surface area contributed by atoms with E-state index in [0.29, 0.717) is 0 Å². The molecule has 3 nitrogen and oxygen atoms in total. The van der Waals surface area contributed by atoms with Crippen molar-refractivity contribution in [2.75, 3.05) is 0 Å². The summed E-state index contributed by atoms with van der Waals surface area (Å²) >= 11 is 0. The number of hydrogen-bond donors (Lipinski definition) is 0. The fraction of sp³-hybridized carbons (Fsp3) is 0.414. The third-order valence-corrected chi connectivity index (χ3v) is 8.61. The molecule has 2 fully saturated rings. The summed E-state index contributed by atoms with van der Waals surface area (Å²) in [6.07, 6.45) is 10.1. The molecule has 0 atom stereocenters. The van der Waals surface area contributed by atoms with Crippen LogP contribution in [0.5, 0.6) is 0 Å². The number of hydrogen-bond acceptors (Lipinski definition) is 3. The zero-order chi connectivity index (χ0) is 22.8. The smallest absolute Gasteiger partial charge is 0.399 e. The first kappa shape index (κ1) is 21.1. The lowest BCUT2D eigenvalue weighted by Gasteiger charge is -2.36. The second-order valence-electron chi connectivity index (χ2n) is 11.0. The Morgan fingerprint density at radius 2 is 1.42 bits per heavy atom. The van der Waals surface area contributed by atoms with Crippen LogP contribution in [0.2, 0.25) is 0 Å². The van der Waals surface area contributed by atoms with Crippen molar-refractivity contribution in [2.45, 2.75) is 76.4 Å². The Hall–Kier alpha value is -2.43. The maximum Gasteiger partial charge on any atom is 0.494 e. The first-order valence-electron chi connectivity index (χ1n) is 12.4. The van der Waals surface area contributed by atoms with E-state index in [9.17, 15) is 0 Å². The highest BCUT2D eigenvalue weighted by atomic mass is 16.7. The molecular weight excluding hydrogens is 405 g/mol. The van der Waals surface area contributed by atoms with Crippen LogP contribution < -0.4 is 5.46 Å². The van der Waals surface area contributed by atoms with Gasteiger partial charge in [-0.3, -0.25) is 4.98 Å². The maximum atomic E-state index is 6.41. The average Bonchev–Trinajstić information content (AvgIpc) is 3.21. The topological polar surface area (TPSA) is 31.4 Å². The highest BCUT2D eigenvalue weighted by Crippen LogP contribution is 2.56. The van der Waals surface area contributed by atoms with Gasteiger partial charge in [-0.1, -0.05) is 55.7 Å². The first-order valence-corrected chi connectivity index (χ1v) is 12.4. The Bertz CT molecular complexity index is 1200. The summed E-state index contributed by atoms with van der Waals surface area (Å²) in [6, 6.07) is 18.1. The molecule has 0 unspecified atom stereocenters. The minimum atomic E-state index is -0.333. The molecule has 3 aromatic rings. The van der Waals surface area contributed by atoms with Gasteiger partial charge in [-0.05, 0) is 91.5 Å². The third-order valence-electron chi connectivity index (χ3n) is 8.61. The summed E-state index contributed by atoms with van der Waals surface area (Å²) in [5, 5.41) is 0. The largest absolute Gasteiger partial charge is 0.494 e. The highest BCUT2D eigenvalue weighted by molar-refractivity contribution is 6.62. The van der Waals surface area contributed by atoms with Crippen molar-refractivity contribution in [1.82, 2.24) is 4.98 Å². The van der Waals surface area contributed by atoms with Gasteiger partial charge in [0.1, 0.15) is 0 Å². The minimum absolute atomic E-state index is 0.0841. The van der Waals surface area contributed by atoms with E-state index in [4.69, 9.17) is 9.31 Å². The van der Waals surface area contributed by atoms with Crippen molar-refractivity contribution >= 4 is 12.6 Å². The molecule has 2 heterocycles. The van der Waals surface area contributed by atoms with Crippen molar-refractivity contribution in [3.8, 4) is 22.3 Å². The van der Waals surface area contributed by atoms with Crippen LogP contribution in [0.3, 0.4) is 0 Å². The number of pyridine rings is 1. The van der Waals surface area contributed by atoms with Crippen LogP contribution in [-0.2, 0) is 14.7 Å². The molecule has 3 aliphatic rings. The molecule has 0 radical (unpaired) electrons. The molecule has 0 bridgehead atoms. The van der Waals surface area contributed by atoms with E-state index in [-0.39, 0.29) is 23.7 Å². The normalized spacial score (nSPS) is 21.8. The van der Waals surface area contributed by atoms with E-state index in [1.807, 2.05) is 18.5 Å². The number of rotatable bonds is 2. The molecule has 1 spiro atoms. The van der Waals surface area contributed by atoms with Crippen molar-refractivity contribution in [1.29, 1.82) is 0 Å². The van der Waals surface area contributed by atoms with Crippen LogP contribution in [0.4, 0.5) is 0 Å². The number of benzene rings is 2. The Morgan fingerprint density at radius 1 is 0.758 bits per heavy atom. The van der Waals surface area contributed by atoms with Crippen LogP contribution in [0.25, 0.3) is 22.3 Å². The van der Waals surface area contributed by atoms with Gasteiger partial charge in [0.15, 0.2) is 0 Å². The molecular formula is C29H32BNO2. The second kappa shape index (κ2) is 7.28. The van der Waals surface area contributed by atoms with Gasteiger partial charge in [-0.15, -0.1) is 0 Å². The van der Waals surface area contributed by atoms with E-state index in [2.05, 4.69) is 75.1 Å². The zero-order valence-corrected chi connectivity index (χ0v) is 20.2. The molecule has 168 valence electrons. The lowest BCUT2D eigenvalue weighted by molar-refractivity contribution is 0.00578. The average molecular weight is 437 g/mol. The molecule has 6 rings (SSSR count). The van der Waals surface area contributed by atoms with E-state index < -0.39 is 0 Å². The zero-order valence-electron chi connectivity index (χ0n) is 20.2. The predicted octanol–water partition coefficient (Wildman–Crippen LogP) is 6.28. The molecule has 1 aromatic heterocycles. The van der Waals surface area contributed by atoms with Gasteiger partial charge in [-0.2, -0.15) is 0 Å². The molecule has 1 saturated carbocycles. The van der Waals surface area contributed by atoms with Crippen molar-refractivity contribution < 1.29 is 9.31 Å². The Labute approximate surface area is 197 Å². The van der Waals surface area contributed by atoms with Crippen LogP contribution >= 0.6 is 0 Å². The van der Waals surface area contributed by atoms with Crippen LogP contribution in [0.15, 0.2) is 60.9 Å². The highest BCUT2D eigenvalue weighted by Gasteiger charge is 2.52. The van der Waals surface area contributed by atoms with E-state index >= 15 is 0 Å². The maximum absolute atomic E-state index is 6.41. The Kier molecular flexibility index (Phi) is 4.66. The fourth-order valence-corrected chi connectivity index (χ4v) is 6.05. The molecule has 2 aliphatic carbocycles. The van der Waals surface area contributed by atoms with E-state index in [1.165, 1.54) is 65.5 Å². The van der Waals surface area contributed by atoms with Gasteiger partial charge in [-0.25, -0.2) is 0 Å². The van der Waals surface area contributed by atoms with Crippen LogP contribution in [0, 0.1) is 0 Å². The van der Waals surface area contributed by atoms with E-state index in [1.54, 1.807) is 0 Å². The molecule has 33 heavy (non-hydrogen) atoms. The summed E-state index contributed by atoms with van der Waals surface area (Å²) in [5.74, 6) is 0. The third kappa shape index (κ3) is 3.14. The van der Waals surface area contributed by atoms with Gasteiger partial charge < -0.3 is 9.31 Å². The lowest BCUT2D eigenvalue weighted by Crippen LogP contribution is -2.41. The summed E-state index contributed by atoms with van der Waals surface area (Å²) in [7, 11) is -0.324. The monoisotopic (exact) mass is 437 g/mol. The minimum Gasteiger partial charge on any atom is -0.399 e. The van der Waals surface area contributed by atoms with Crippen LogP contribution in [0.1, 0.15) is 70.9 Å². The SMILES string of the molecule is CC1(C)OB(c2ccc3c(c2)C2(CCCCC2)c2cc(-c4cccnc4)ccc2-3)OC1(C)C. The summed E-state index contributed by atoms with van der Waals surface area (Å²) in [4.78, 5) is 4.35. The Balaban J connectivity index is 1.47. The Morgan fingerprint density at radius 3 is 2.09 bits per heavy atom. The van der Waals surface area contributed by atoms with Gasteiger partial charge in [0.2, 0.25) is 0 Å². The van der Waals surface area contributed by atoms with Gasteiger partial charge in [0.25, 0.3) is 0 Å². The van der Waals surface area contributed by atoms with Crippen LogP contribution in [-0.4, -0.2) is 23.3 Å². The summed E-state index contributed by atoms with van der Waals surface area (Å²) < 4.78 is 12.8. The molecule has 0 N–H and O–H groups in total. The summed E-state index contributed by atoms with van der Waals surface area (Å²) in [5.41, 5.74) is 8.72. The first-order chi connectivity index (χ1) is 15.8. The molecule has 1 aliphatic heterocycles. The predicted molar refractivity (Wildman–Crippen MR) is 135 cm³/mol. The standard InChI is InChI=1S/C29H32BNO2/c1-27(2)28(3,4)33-30(32-27)22-11-13-24-23-12-10-20(21-9-8-16-31-19-21)17-25(23)29(26(24)18-22)14-6-5-7-15-29/h8-13,16-19H,5-7,14-15H2,1-4H3. The van der Waals surface area contributed by atoms with Gasteiger partial charge in [0.05, 0.1) is 11.2 Å². The number of aromatic nitrogens is 1. The van der Waals surface area contributed by atoms with E-state index in [0.717, 1.165) is 5.46 Å². The summed E-state index contributed by atoms with van der Waals surface area (Å²) in [6.45, 7) is 8.50. The van der Waals surface area contributed by atoms with Gasteiger partial charge in [0, 0.05) is 17.8 Å². The van der Waals surface area contributed by atoms with Crippen molar-refractivity contribution in [3.63, 3.8) is 0 Å². The molecule has 0 amide bonds.